The van der Waals surface area contributed by atoms with Crippen molar-refractivity contribution in [2.24, 2.45) is 11.7 Å². The molecule has 1 atom stereocenters. The first-order valence-corrected chi connectivity index (χ1v) is 6.90. The number of anilines is 1. The number of pyridine rings is 1. The fourth-order valence-electron chi connectivity index (χ4n) is 1.86. The zero-order valence-electron chi connectivity index (χ0n) is 13.2. The van der Waals surface area contributed by atoms with E-state index < -0.39 is 11.9 Å². The molecule has 6 nitrogen and oxygen atoms in total. The van der Waals surface area contributed by atoms with E-state index in [0.717, 1.165) is 0 Å². The Morgan fingerprint density at radius 2 is 1.81 bits per heavy atom. The average Bonchev–Trinajstić information content (AvgIpc) is 2.32. The summed E-state index contributed by atoms with van der Waals surface area (Å²) in [5, 5.41) is 2.64. The Bertz CT molecular complexity index is 547. The average molecular weight is 292 g/mol. The van der Waals surface area contributed by atoms with Crippen LogP contribution in [-0.2, 0) is 10.2 Å². The Labute approximate surface area is 125 Å². The molecule has 0 fully saturated rings. The van der Waals surface area contributed by atoms with Crippen molar-refractivity contribution in [1.29, 1.82) is 0 Å². The Hall–Kier alpha value is -2.11. The normalized spacial score (nSPS) is 13.0. The summed E-state index contributed by atoms with van der Waals surface area (Å²) in [7, 11) is 0. The number of carbonyl (C=O) groups excluding carboxylic acids is 2. The second kappa shape index (κ2) is 6.11. The van der Waals surface area contributed by atoms with E-state index in [1.807, 2.05) is 34.6 Å². The lowest BCUT2D eigenvalue weighted by molar-refractivity contribution is -0.120. The number of amides is 2. The molecule has 0 aliphatic carbocycles. The predicted octanol–water partition coefficient (Wildman–Crippen LogP) is 1.20. The van der Waals surface area contributed by atoms with E-state index in [2.05, 4.69) is 10.3 Å². The lowest BCUT2D eigenvalue weighted by Crippen LogP contribution is -2.47. The molecule has 1 aromatic heterocycles. The first kappa shape index (κ1) is 16.9. The standard InChI is InChI=1S/C15H24N4O2/c1-8(2)12(13(17)20)19-14(21)9-6-10(15(3,4)5)18-11(16)7-9/h6-8,12H,1-5H3,(H2,16,18)(H2,17,20)(H,19,21). The van der Waals surface area contributed by atoms with Crippen LogP contribution < -0.4 is 16.8 Å². The van der Waals surface area contributed by atoms with Crippen LogP contribution in [0.25, 0.3) is 0 Å². The molecule has 5 N–H and O–H groups in total. The van der Waals surface area contributed by atoms with E-state index >= 15 is 0 Å². The van der Waals surface area contributed by atoms with Crippen molar-refractivity contribution in [2.45, 2.75) is 46.1 Å². The van der Waals surface area contributed by atoms with Gasteiger partial charge in [0.1, 0.15) is 11.9 Å². The van der Waals surface area contributed by atoms with Crippen LogP contribution in [0, 0.1) is 5.92 Å². The summed E-state index contributed by atoms with van der Waals surface area (Å²) in [5.74, 6) is -0.760. The third-order valence-corrected chi connectivity index (χ3v) is 3.14. The number of rotatable bonds is 4. The molecular formula is C15H24N4O2. The molecule has 6 heteroatoms. The highest BCUT2D eigenvalue weighted by atomic mass is 16.2. The molecule has 0 radical (unpaired) electrons. The van der Waals surface area contributed by atoms with Gasteiger partial charge in [-0.2, -0.15) is 0 Å². The third kappa shape index (κ3) is 4.44. The monoisotopic (exact) mass is 292 g/mol. The van der Waals surface area contributed by atoms with Gasteiger partial charge >= 0.3 is 0 Å². The van der Waals surface area contributed by atoms with Crippen LogP contribution in [0.2, 0.25) is 0 Å². The van der Waals surface area contributed by atoms with Crippen LogP contribution in [0.4, 0.5) is 5.82 Å². The van der Waals surface area contributed by atoms with Crippen LogP contribution >= 0.6 is 0 Å². The van der Waals surface area contributed by atoms with Gasteiger partial charge in [0.05, 0.1) is 0 Å². The minimum Gasteiger partial charge on any atom is -0.384 e. The van der Waals surface area contributed by atoms with Gasteiger partial charge in [0.15, 0.2) is 0 Å². The highest BCUT2D eigenvalue weighted by molar-refractivity contribution is 5.98. The molecule has 116 valence electrons. The molecule has 0 spiro atoms. The summed E-state index contributed by atoms with van der Waals surface area (Å²) in [6.07, 6.45) is 0. The van der Waals surface area contributed by atoms with Crippen LogP contribution in [0.3, 0.4) is 0 Å². The maximum atomic E-state index is 12.3. The van der Waals surface area contributed by atoms with Crippen molar-refractivity contribution in [3.05, 3.63) is 23.4 Å². The zero-order chi connectivity index (χ0) is 16.4. The molecule has 0 saturated heterocycles. The lowest BCUT2D eigenvalue weighted by atomic mass is 9.90. The minimum atomic E-state index is -0.718. The summed E-state index contributed by atoms with van der Waals surface area (Å²) in [6.45, 7) is 9.58. The third-order valence-electron chi connectivity index (χ3n) is 3.14. The van der Waals surface area contributed by atoms with Gasteiger partial charge in [-0.1, -0.05) is 34.6 Å². The first-order chi connectivity index (χ1) is 9.52. The molecule has 1 heterocycles. The van der Waals surface area contributed by atoms with Crippen LogP contribution in [0.15, 0.2) is 12.1 Å². The van der Waals surface area contributed by atoms with Crippen molar-refractivity contribution in [3.63, 3.8) is 0 Å². The number of nitrogens with two attached hydrogens (primary N) is 2. The van der Waals surface area contributed by atoms with Crippen LogP contribution in [-0.4, -0.2) is 22.8 Å². The summed E-state index contributed by atoms with van der Waals surface area (Å²) in [5.41, 5.74) is 11.9. The predicted molar refractivity (Wildman–Crippen MR) is 82.6 cm³/mol. The molecule has 0 aliphatic rings. The number of primary amides is 1. The molecule has 0 aliphatic heterocycles. The molecule has 0 saturated carbocycles. The van der Waals surface area contributed by atoms with Crippen LogP contribution in [0.5, 0.6) is 0 Å². The number of hydrogen-bond acceptors (Lipinski definition) is 4. The maximum absolute atomic E-state index is 12.3. The van der Waals surface area contributed by atoms with Crippen LogP contribution in [0.1, 0.15) is 50.7 Å². The molecule has 1 rings (SSSR count). The van der Waals surface area contributed by atoms with E-state index in [-0.39, 0.29) is 23.1 Å². The van der Waals surface area contributed by atoms with Crippen molar-refractivity contribution in [3.8, 4) is 0 Å². The number of hydrogen-bond donors (Lipinski definition) is 3. The smallest absolute Gasteiger partial charge is 0.252 e. The summed E-state index contributed by atoms with van der Waals surface area (Å²) in [6, 6.07) is 2.46. The molecule has 0 aromatic carbocycles. The highest BCUT2D eigenvalue weighted by Crippen LogP contribution is 2.22. The first-order valence-electron chi connectivity index (χ1n) is 6.90. The van der Waals surface area contributed by atoms with E-state index in [1.54, 1.807) is 6.07 Å². The van der Waals surface area contributed by atoms with Gasteiger partial charge in [-0.05, 0) is 18.1 Å². The zero-order valence-corrected chi connectivity index (χ0v) is 13.2. The highest BCUT2D eigenvalue weighted by Gasteiger charge is 2.24. The van der Waals surface area contributed by atoms with Gasteiger partial charge in [0.25, 0.3) is 5.91 Å². The van der Waals surface area contributed by atoms with Gasteiger partial charge in [-0.15, -0.1) is 0 Å². The molecule has 2 amide bonds. The SMILES string of the molecule is CC(C)C(NC(=O)c1cc(N)nc(C(C)(C)C)c1)C(N)=O. The van der Waals surface area contributed by atoms with Gasteiger partial charge < -0.3 is 16.8 Å². The molecule has 0 bridgehead atoms. The van der Waals surface area contributed by atoms with Crippen molar-refractivity contribution in [1.82, 2.24) is 10.3 Å². The van der Waals surface area contributed by atoms with E-state index in [9.17, 15) is 9.59 Å². The van der Waals surface area contributed by atoms with Crippen molar-refractivity contribution >= 4 is 17.6 Å². The molecule has 21 heavy (non-hydrogen) atoms. The number of nitrogens with one attached hydrogen (secondary N) is 1. The molecule has 1 aromatic rings. The van der Waals surface area contributed by atoms with Gasteiger partial charge in [-0.25, -0.2) is 4.98 Å². The fraction of sp³-hybridized carbons (Fsp3) is 0.533. The second-order valence-corrected chi connectivity index (χ2v) is 6.51. The quantitative estimate of drug-likeness (QED) is 0.774. The number of nitrogens with zero attached hydrogens (tertiary/aromatic N) is 1. The number of carbonyl (C=O) groups is 2. The minimum absolute atomic E-state index is 0.0901. The lowest BCUT2D eigenvalue weighted by Gasteiger charge is -2.21. The number of aromatic nitrogens is 1. The maximum Gasteiger partial charge on any atom is 0.252 e. The molecular weight excluding hydrogens is 268 g/mol. The largest absolute Gasteiger partial charge is 0.384 e. The van der Waals surface area contributed by atoms with Crippen molar-refractivity contribution in [2.75, 3.05) is 5.73 Å². The Kier molecular flexibility index (Phi) is 4.93. The van der Waals surface area contributed by atoms with Crippen molar-refractivity contribution < 1.29 is 9.59 Å². The summed E-state index contributed by atoms with van der Waals surface area (Å²) in [4.78, 5) is 27.9. The Morgan fingerprint density at radius 1 is 1.24 bits per heavy atom. The van der Waals surface area contributed by atoms with E-state index in [4.69, 9.17) is 11.5 Å². The topological polar surface area (TPSA) is 111 Å². The van der Waals surface area contributed by atoms with Gasteiger partial charge in [0, 0.05) is 16.7 Å². The summed E-state index contributed by atoms with van der Waals surface area (Å²) < 4.78 is 0. The van der Waals surface area contributed by atoms with Gasteiger partial charge in [-0.3, -0.25) is 9.59 Å². The van der Waals surface area contributed by atoms with E-state index in [1.165, 1.54) is 6.07 Å². The second-order valence-electron chi connectivity index (χ2n) is 6.51. The fourth-order valence-corrected chi connectivity index (χ4v) is 1.86. The van der Waals surface area contributed by atoms with E-state index in [0.29, 0.717) is 11.3 Å². The summed E-state index contributed by atoms with van der Waals surface area (Å²) >= 11 is 0. The Balaban J connectivity index is 3.08. The number of nitrogen functional groups attached to an aromatic ring is 1. The van der Waals surface area contributed by atoms with Gasteiger partial charge in [0.2, 0.25) is 5.91 Å². The molecule has 1 unspecified atom stereocenters. The Morgan fingerprint density at radius 3 is 2.24 bits per heavy atom.